The van der Waals surface area contributed by atoms with E-state index in [0.29, 0.717) is 11.3 Å². The third kappa shape index (κ3) is 5.61. The molecule has 1 heterocycles. The molecule has 8 heteroatoms. The molecule has 0 bridgehead atoms. The van der Waals surface area contributed by atoms with E-state index in [1.54, 1.807) is 25.2 Å². The van der Waals surface area contributed by atoms with Gasteiger partial charge in [0.05, 0.1) is 17.7 Å². The van der Waals surface area contributed by atoms with Crippen LogP contribution < -0.4 is 0 Å². The van der Waals surface area contributed by atoms with Crippen molar-refractivity contribution in [1.82, 2.24) is 4.90 Å². The highest BCUT2D eigenvalue weighted by Crippen LogP contribution is 2.14. The van der Waals surface area contributed by atoms with E-state index in [0.717, 1.165) is 6.08 Å². The molecular formula is C17H16N2O6. The number of likely N-dealkylation sites (N-methyl/N-ethyl adjacent to an activating group) is 1. The van der Waals surface area contributed by atoms with Gasteiger partial charge in [-0.1, -0.05) is 12.1 Å². The van der Waals surface area contributed by atoms with Crippen LogP contribution in [0.3, 0.4) is 0 Å². The molecule has 0 saturated carbocycles. The van der Waals surface area contributed by atoms with Gasteiger partial charge in [0.25, 0.3) is 11.6 Å². The molecule has 25 heavy (non-hydrogen) atoms. The van der Waals surface area contributed by atoms with Crippen LogP contribution in [0.4, 0.5) is 5.69 Å². The SMILES string of the molecule is CN(Cc1ccco1)C(=O)COC(=O)/C=C/c1cccc([N+](=O)[O-])c1. The van der Waals surface area contributed by atoms with Crippen LogP contribution in [0.2, 0.25) is 0 Å². The number of nitrogens with zero attached hydrogens (tertiary/aromatic N) is 2. The second kappa shape index (κ2) is 8.44. The molecule has 0 aliphatic heterocycles. The average molecular weight is 344 g/mol. The van der Waals surface area contributed by atoms with Gasteiger partial charge >= 0.3 is 5.97 Å². The topological polar surface area (TPSA) is 103 Å². The molecule has 0 saturated heterocycles. The third-order valence-electron chi connectivity index (χ3n) is 3.23. The zero-order chi connectivity index (χ0) is 18.2. The number of hydrogen-bond donors (Lipinski definition) is 0. The molecule has 130 valence electrons. The standard InChI is InChI=1S/C17H16N2O6/c1-18(11-15-6-3-9-24-15)16(20)12-25-17(21)8-7-13-4-2-5-14(10-13)19(22)23/h2-10H,11-12H2,1H3/b8-7+. The second-order valence-electron chi connectivity index (χ2n) is 5.12. The fourth-order valence-corrected chi connectivity index (χ4v) is 1.92. The second-order valence-corrected chi connectivity index (χ2v) is 5.12. The van der Waals surface area contributed by atoms with Crippen LogP contribution >= 0.6 is 0 Å². The van der Waals surface area contributed by atoms with Crippen LogP contribution in [0.25, 0.3) is 6.08 Å². The number of furan rings is 1. The van der Waals surface area contributed by atoms with Gasteiger partial charge in [0.15, 0.2) is 6.61 Å². The van der Waals surface area contributed by atoms with Gasteiger partial charge in [0.2, 0.25) is 0 Å². The number of nitro benzene ring substituents is 1. The number of esters is 1. The highest BCUT2D eigenvalue weighted by atomic mass is 16.6. The van der Waals surface area contributed by atoms with E-state index in [2.05, 4.69) is 0 Å². The van der Waals surface area contributed by atoms with Crippen LogP contribution in [0.1, 0.15) is 11.3 Å². The Bertz CT molecular complexity index is 782. The molecule has 0 fully saturated rings. The lowest BCUT2D eigenvalue weighted by atomic mass is 10.2. The zero-order valence-electron chi connectivity index (χ0n) is 13.5. The lowest BCUT2D eigenvalue weighted by Gasteiger charge is -2.15. The first-order chi connectivity index (χ1) is 12.0. The Morgan fingerprint density at radius 1 is 1.32 bits per heavy atom. The van der Waals surface area contributed by atoms with Crippen molar-refractivity contribution in [2.24, 2.45) is 0 Å². The average Bonchev–Trinajstić information content (AvgIpc) is 3.11. The van der Waals surface area contributed by atoms with Crippen molar-refractivity contribution < 1.29 is 23.7 Å². The predicted molar refractivity (Wildman–Crippen MR) is 88.3 cm³/mol. The van der Waals surface area contributed by atoms with Gasteiger partial charge in [0.1, 0.15) is 5.76 Å². The van der Waals surface area contributed by atoms with E-state index in [1.165, 1.54) is 35.4 Å². The van der Waals surface area contributed by atoms with Gasteiger partial charge < -0.3 is 14.1 Å². The number of rotatable bonds is 7. The molecule has 0 aliphatic carbocycles. The van der Waals surface area contributed by atoms with E-state index in [-0.39, 0.29) is 18.1 Å². The fraction of sp³-hybridized carbons (Fsp3) is 0.176. The summed E-state index contributed by atoms with van der Waals surface area (Å²) in [4.78, 5) is 35.1. The minimum Gasteiger partial charge on any atom is -0.467 e. The van der Waals surface area contributed by atoms with Crippen molar-refractivity contribution in [3.05, 3.63) is 70.2 Å². The summed E-state index contributed by atoms with van der Waals surface area (Å²) in [5.74, 6) is -0.479. The van der Waals surface area contributed by atoms with Gasteiger partial charge in [-0.25, -0.2) is 4.79 Å². The maximum absolute atomic E-state index is 11.9. The molecule has 0 N–H and O–H groups in total. The summed E-state index contributed by atoms with van der Waals surface area (Å²) in [6.07, 6.45) is 4.00. The molecule has 1 amide bonds. The summed E-state index contributed by atoms with van der Waals surface area (Å²) in [5.41, 5.74) is 0.401. The number of benzene rings is 1. The summed E-state index contributed by atoms with van der Waals surface area (Å²) >= 11 is 0. The molecule has 0 spiro atoms. The molecule has 2 rings (SSSR count). The number of nitro groups is 1. The number of non-ortho nitro benzene ring substituents is 1. The van der Waals surface area contributed by atoms with E-state index < -0.39 is 17.5 Å². The lowest BCUT2D eigenvalue weighted by molar-refractivity contribution is -0.384. The van der Waals surface area contributed by atoms with Gasteiger partial charge in [-0.3, -0.25) is 14.9 Å². The Morgan fingerprint density at radius 2 is 2.12 bits per heavy atom. The number of ether oxygens (including phenoxy) is 1. The van der Waals surface area contributed by atoms with Crippen LogP contribution in [-0.2, 0) is 20.9 Å². The van der Waals surface area contributed by atoms with E-state index in [9.17, 15) is 19.7 Å². The van der Waals surface area contributed by atoms with E-state index in [1.807, 2.05) is 0 Å². The molecular weight excluding hydrogens is 328 g/mol. The normalized spacial score (nSPS) is 10.6. The van der Waals surface area contributed by atoms with Crippen molar-refractivity contribution >= 4 is 23.6 Å². The largest absolute Gasteiger partial charge is 0.467 e. The molecule has 1 aromatic carbocycles. The molecule has 0 radical (unpaired) electrons. The first-order valence-electron chi connectivity index (χ1n) is 7.31. The Labute approximate surface area is 143 Å². The zero-order valence-corrected chi connectivity index (χ0v) is 13.5. The minimum atomic E-state index is -0.716. The Kier molecular flexibility index (Phi) is 6.05. The van der Waals surface area contributed by atoms with Crippen molar-refractivity contribution in [1.29, 1.82) is 0 Å². The van der Waals surface area contributed by atoms with Crippen molar-refractivity contribution in [2.75, 3.05) is 13.7 Å². The summed E-state index contributed by atoms with van der Waals surface area (Å²) in [5, 5.41) is 10.7. The molecule has 0 unspecified atom stereocenters. The minimum absolute atomic E-state index is 0.0785. The highest BCUT2D eigenvalue weighted by Gasteiger charge is 2.12. The highest BCUT2D eigenvalue weighted by molar-refractivity contribution is 5.89. The first-order valence-corrected chi connectivity index (χ1v) is 7.31. The number of carbonyl (C=O) groups is 2. The van der Waals surface area contributed by atoms with Crippen LogP contribution in [0.5, 0.6) is 0 Å². The fourth-order valence-electron chi connectivity index (χ4n) is 1.92. The Hall–Kier alpha value is -3.42. The predicted octanol–water partition coefficient (Wildman–Crippen LogP) is 2.40. The van der Waals surface area contributed by atoms with Gasteiger partial charge in [-0.15, -0.1) is 0 Å². The van der Waals surface area contributed by atoms with Crippen LogP contribution in [-0.4, -0.2) is 35.4 Å². The van der Waals surface area contributed by atoms with Gasteiger partial charge in [-0.05, 0) is 23.8 Å². The number of amides is 1. The van der Waals surface area contributed by atoms with Crippen molar-refractivity contribution in [2.45, 2.75) is 6.54 Å². The number of hydrogen-bond acceptors (Lipinski definition) is 6. The molecule has 0 aliphatic rings. The first kappa shape index (κ1) is 17.9. The monoisotopic (exact) mass is 344 g/mol. The maximum Gasteiger partial charge on any atom is 0.331 e. The maximum atomic E-state index is 11.9. The molecule has 0 atom stereocenters. The summed E-state index contributed by atoms with van der Waals surface area (Å²) < 4.78 is 10.00. The van der Waals surface area contributed by atoms with Crippen LogP contribution in [0, 0.1) is 10.1 Å². The van der Waals surface area contributed by atoms with Crippen molar-refractivity contribution in [3.8, 4) is 0 Å². The number of carbonyl (C=O) groups excluding carboxylic acids is 2. The Morgan fingerprint density at radius 3 is 2.80 bits per heavy atom. The van der Waals surface area contributed by atoms with Crippen LogP contribution in [0.15, 0.2) is 53.2 Å². The van der Waals surface area contributed by atoms with Gasteiger partial charge in [-0.2, -0.15) is 0 Å². The summed E-state index contributed by atoms with van der Waals surface area (Å²) in [7, 11) is 1.57. The van der Waals surface area contributed by atoms with E-state index >= 15 is 0 Å². The lowest BCUT2D eigenvalue weighted by Crippen LogP contribution is -2.30. The van der Waals surface area contributed by atoms with E-state index in [4.69, 9.17) is 9.15 Å². The summed E-state index contributed by atoms with van der Waals surface area (Å²) in [6, 6.07) is 9.24. The van der Waals surface area contributed by atoms with Crippen molar-refractivity contribution in [3.63, 3.8) is 0 Å². The molecule has 8 nitrogen and oxygen atoms in total. The van der Waals surface area contributed by atoms with Gasteiger partial charge in [0, 0.05) is 25.3 Å². The third-order valence-corrected chi connectivity index (χ3v) is 3.23. The smallest absolute Gasteiger partial charge is 0.331 e. The summed E-state index contributed by atoms with van der Waals surface area (Å²) in [6.45, 7) is -0.137. The molecule has 1 aromatic heterocycles. The Balaban J connectivity index is 1.82. The quantitative estimate of drug-likeness (QED) is 0.331. The molecule has 2 aromatic rings.